The molecule has 0 saturated carbocycles. The number of hydrogen-bond donors (Lipinski definition) is 1. The number of aromatic nitrogens is 1. The number of nitrogens with zero attached hydrogens (tertiary/aromatic N) is 1. The largest absolute Gasteiger partial charge is 0.266 e. The van der Waals surface area contributed by atoms with E-state index in [1.54, 1.807) is 5.38 Å². The smallest absolute Gasteiger partial charge is 0.255 e. The molecule has 0 unspecified atom stereocenters. The fourth-order valence-corrected chi connectivity index (χ4v) is 3.26. The number of hydrogen-bond acceptors (Lipinski definition) is 4. The van der Waals surface area contributed by atoms with Crippen LogP contribution in [0.3, 0.4) is 0 Å². The van der Waals surface area contributed by atoms with Gasteiger partial charge in [0.25, 0.3) is 10.0 Å². The number of benzene rings is 1. The fraction of sp³-hybridized carbons (Fsp3) is 0. The monoisotopic (exact) mass is 310 g/mol. The second-order valence-corrected chi connectivity index (χ2v) is 6.09. The summed E-state index contributed by atoms with van der Waals surface area (Å²) in [5.74, 6) is -2.25. The maximum absolute atomic E-state index is 13.4. The Balaban J connectivity index is 2.44. The molecule has 4 nitrogen and oxygen atoms in total. The van der Waals surface area contributed by atoms with Gasteiger partial charge in [-0.2, -0.15) is 0 Å². The van der Waals surface area contributed by atoms with Gasteiger partial charge < -0.3 is 0 Å². The molecule has 96 valence electrons. The quantitative estimate of drug-likeness (QED) is 0.887. The minimum Gasteiger partial charge on any atom is -0.255 e. The standard InChI is InChI=1S/C9H5ClF2N2O2S2/c10-5-3-8(7(12)4-6(5)11)18(15,16)14-9-13-1-2-17-9/h1-4H,(H,13,14). The minimum absolute atomic E-state index is 0.0786. The first-order valence-corrected chi connectivity index (χ1v) is 7.21. The second kappa shape index (κ2) is 4.79. The van der Waals surface area contributed by atoms with E-state index in [-0.39, 0.29) is 5.13 Å². The molecule has 0 fully saturated rings. The van der Waals surface area contributed by atoms with Crippen molar-refractivity contribution >= 4 is 38.1 Å². The van der Waals surface area contributed by atoms with E-state index in [1.165, 1.54) is 6.20 Å². The van der Waals surface area contributed by atoms with Crippen molar-refractivity contribution in [2.45, 2.75) is 4.90 Å². The van der Waals surface area contributed by atoms with Gasteiger partial charge in [-0.25, -0.2) is 22.2 Å². The Morgan fingerprint density at radius 2 is 2.00 bits per heavy atom. The molecule has 0 aliphatic heterocycles. The van der Waals surface area contributed by atoms with Crippen LogP contribution in [-0.4, -0.2) is 13.4 Å². The third-order valence-corrected chi connectivity index (χ3v) is 4.38. The first kappa shape index (κ1) is 13.2. The molecule has 0 amide bonds. The normalized spacial score (nSPS) is 11.5. The molecule has 0 spiro atoms. The van der Waals surface area contributed by atoms with Crippen molar-refractivity contribution in [1.29, 1.82) is 0 Å². The van der Waals surface area contributed by atoms with Crippen LogP contribution in [0.1, 0.15) is 0 Å². The number of rotatable bonds is 3. The Morgan fingerprint density at radius 1 is 1.28 bits per heavy atom. The van der Waals surface area contributed by atoms with Crippen LogP contribution in [0.25, 0.3) is 0 Å². The molecule has 2 rings (SSSR count). The van der Waals surface area contributed by atoms with Gasteiger partial charge in [0.15, 0.2) is 5.13 Å². The first-order valence-electron chi connectivity index (χ1n) is 4.47. The predicted molar refractivity (Wildman–Crippen MR) is 64.3 cm³/mol. The SMILES string of the molecule is O=S(=O)(Nc1nccs1)c1cc(Cl)c(F)cc1F. The van der Waals surface area contributed by atoms with Gasteiger partial charge in [0.2, 0.25) is 0 Å². The average molecular weight is 311 g/mol. The Hall–Kier alpha value is -1.25. The molecule has 0 aliphatic carbocycles. The maximum Gasteiger partial charge on any atom is 0.266 e. The topological polar surface area (TPSA) is 59.1 Å². The predicted octanol–water partition coefficient (Wildman–Crippen LogP) is 2.88. The van der Waals surface area contributed by atoms with Gasteiger partial charge in [-0.15, -0.1) is 11.3 Å². The summed E-state index contributed by atoms with van der Waals surface area (Å²) in [7, 11) is -4.18. The lowest BCUT2D eigenvalue weighted by Crippen LogP contribution is -2.14. The Morgan fingerprint density at radius 3 is 2.61 bits per heavy atom. The fourth-order valence-electron chi connectivity index (χ4n) is 1.15. The Bertz CT molecular complexity index is 674. The summed E-state index contributed by atoms with van der Waals surface area (Å²) in [5.41, 5.74) is 0. The van der Waals surface area contributed by atoms with Crippen molar-refractivity contribution in [2.75, 3.05) is 4.72 Å². The number of halogens is 3. The van der Waals surface area contributed by atoms with E-state index in [2.05, 4.69) is 9.71 Å². The molecule has 9 heteroatoms. The molecular formula is C9H5ClF2N2O2S2. The summed E-state index contributed by atoms with van der Waals surface area (Å²) in [6, 6.07) is 1.13. The highest BCUT2D eigenvalue weighted by atomic mass is 35.5. The van der Waals surface area contributed by atoms with Gasteiger partial charge in [0.05, 0.1) is 5.02 Å². The van der Waals surface area contributed by atoms with Gasteiger partial charge in [-0.05, 0) is 6.07 Å². The van der Waals surface area contributed by atoms with Crippen LogP contribution < -0.4 is 4.72 Å². The van der Waals surface area contributed by atoms with Gasteiger partial charge in [-0.1, -0.05) is 11.6 Å². The maximum atomic E-state index is 13.4. The molecule has 18 heavy (non-hydrogen) atoms. The van der Waals surface area contributed by atoms with Crippen molar-refractivity contribution in [3.63, 3.8) is 0 Å². The van der Waals surface area contributed by atoms with Crippen molar-refractivity contribution in [3.05, 3.63) is 40.4 Å². The second-order valence-electron chi connectivity index (χ2n) is 3.14. The zero-order valence-corrected chi connectivity index (χ0v) is 10.9. The van der Waals surface area contributed by atoms with Crippen molar-refractivity contribution in [3.8, 4) is 0 Å². The van der Waals surface area contributed by atoms with E-state index in [0.717, 1.165) is 11.3 Å². The molecule has 0 aliphatic rings. The summed E-state index contributed by atoms with van der Waals surface area (Å²) in [4.78, 5) is 2.96. The summed E-state index contributed by atoms with van der Waals surface area (Å²) in [5, 5.41) is 1.15. The highest BCUT2D eigenvalue weighted by Crippen LogP contribution is 2.25. The van der Waals surface area contributed by atoms with Crippen molar-refractivity contribution < 1.29 is 17.2 Å². The van der Waals surface area contributed by atoms with E-state index in [0.29, 0.717) is 12.1 Å². The molecule has 1 N–H and O–H groups in total. The Kier molecular flexibility index (Phi) is 3.51. The van der Waals surface area contributed by atoms with E-state index < -0.39 is 31.6 Å². The lowest BCUT2D eigenvalue weighted by molar-refractivity contribution is 0.551. The third kappa shape index (κ3) is 2.60. The van der Waals surface area contributed by atoms with E-state index >= 15 is 0 Å². The molecule has 0 atom stereocenters. The summed E-state index contributed by atoms with van der Waals surface area (Å²) in [6.07, 6.45) is 1.39. The van der Waals surface area contributed by atoms with Gasteiger partial charge in [0.1, 0.15) is 16.5 Å². The first-order chi connectivity index (χ1) is 8.40. The van der Waals surface area contributed by atoms with Crippen LogP contribution in [0.2, 0.25) is 5.02 Å². The zero-order valence-electron chi connectivity index (χ0n) is 8.52. The lowest BCUT2D eigenvalue weighted by atomic mass is 10.3. The molecular weight excluding hydrogens is 306 g/mol. The van der Waals surface area contributed by atoms with E-state index in [9.17, 15) is 17.2 Å². The van der Waals surface area contributed by atoms with Crippen LogP contribution in [0.15, 0.2) is 28.6 Å². The Labute approximate surface area is 110 Å². The number of sulfonamides is 1. The lowest BCUT2D eigenvalue weighted by Gasteiger charge is -2.07. The van der Waals surface area contributed by atoms with Crippen LogP contribution in [0.5, 0.6) is 0 Å². The average Bonchev–Trinajstić information content (AvgIpc) is 2.75. The molecule has 0 radical (unpaired) electrons. The van der Waals surface area contributed by atoms with Crippen LogP contribution in [0.4, 0.5) is 13.9 Å². The van der Waals surface area contributed by atoms with Crippen LogP contribution in [-0.2, 0) is 10.0 Å². The summed E-state index contributed by atoms with van der Waals surface area (Å²) >= 11 is 6.45. The zero-order chi connectivity index (χ0) is 13.3. The molecule has 1 aromatic carbocycles. The van der Waals surface area contributed by atoms with Gasteiger partial charge in [0, 0.05) is 17.6 Å². The van der Waals surface area contributed by atoms with Crippen molar-refractivity contribution in [2.24, 2.45) is 0 Å². The molecule has 1 aromatic heterocycles. The minimum atomic E-state index is -4.18. The molecule has 1 heterocycles. The molecule has 0 bridgehead atoms. The summed E-state index contributed by atoms with van der Waals surface area (Å²) in [6.45, 7) is 0. The third-order valence-electron chi connectivity index (χ3n) is 1.92. The summed E-state index contributed by atoms with van der Waals surface area (Å²) < 4.78 is 52.0. The van der Waals surface area contributed by atoms with Crippen LogP contribution in [0, 0.1) is 11.6 Å². The highest BCUT2D eigenvalue weighted by Gasteiger charge is 2.22. The van der Waals surface area contributed by atoms with Crippen LogP contribution >= 0.6 is 22.9 Å². The van der Waals surface area contributed by atoms with Gasteiger partial charge in [-0.3, -0.25) is 4.72 Å². The van der Waals surface area contributed by atoms with E-state index in [1.807, 2.05) is 0 Å². The molecule has 0 saturated heterocycles. The number of anilines is 1. The highest BCUT2D eigenvalue weighted by molar-refractivity contribution is 7.93. The van der Waals surface area contributed by atoms with E-state index in [4.69, 9.17) is 11.6 Å². The number of thiazole rings is 1. The number of nitrogens with one attached hydrogen (secondary N) is 1. The molecule has 2 aromatic rings. The van der Waals surface area contributed by atoms with Crippen molar-refractivity contribution in [1.82, 2.24) is 4.98 Å². The van der Waals surface area contributed by atoms with Gasteiger partial charge >= 0.3 is 0 Å².